The number of amidine groups is 1. The van der Waals surface area contributed by atoms with Crippen molar-refractivity contribution in [3.63, 3.8) is 0 Å². The van der Waals surface area contributed by atoms with Crippen molar-refractivity contribution < 1.29 is 19.1 Å². The number of thioether (sulfide) groups is 1. The van der Waals surface area contributed by atoms with Crippen LogP contribution in [0.1, 0.15) is 16.9 Å². The van der Waals surface area contributed by atoms with E-state index >= 15 is 0 Å². The quantitative estimate of drug-likeness (QED) is 0.185. The van der Waals surface area contributed by atoms with Crippen molar-refractivity contribution in [3.8, 4) is 17.2 Å². The molecule has 3 aromatic carbocycles. The fraction of sp³-hybridized carbons (Fsp3) is 0.0357. The van der Waals surface area contributed by atoms with E-state index < -0.39 is 0 Å². The smallest absolute Gasteiger partial charge is 0.267 e. The fourth-order valence-electron chi connectivity index (χ4n) is 3.46. The van der Waals surface area contributed by atoms with Crippen LogP contribution in [0, 0.1) is 0 Å². The Bertz CT molecular complexity index is 1450. The molecule has 0 radical (unpaired) electrons. The summed E-state index contributed by atoms with van der Waals surface area (Å²) < 4.78 is 11.4. The molecule has 178 valence electrons. The Kier molecular flexibility index (Phi) is 6.95. The van der Waals surface area contributed by atoms with Crippen LogP contribution < -0.4 is 4.74 Å². The maximum absolute atomic E-state index is 13.3. The highest BCUT2D eigenvalue weighted by Crippen LogP contribution is 2.34. The van der Waals surface area contributed by atoms with Crippen LogP contribution in [0.2, 0.25) is 0 Å². The average Bonchev–Trinajstić information content (AvgIpc) is 3.50. The number of hydrogen-bond donors (Lipinski definition) is 1. The third-order valence-electron chi connectivity index (χ3n) is 5.19. The summed E-state index contributed by atoms with van der Waals surface area (Å²) >= 11 is 1.22. The van der Waals surface area contributed by atoms with Crippen molar-refractivity contribution in [1.82, 2.24) is 4.90 Å². The number of nitrogens with zero attached hydrogens (tertiary/aromatic N) is 3. The molecule has 1 N–H and O–H groups in total. The second-order valence-electron chi connectivity index (χ2n) is 7.75. The number of phenolic OH excluding ortho intramolecular Hbond substituents is 1. The molecule has 0 bridgehead atoms. The standard InChI is InChI=1S/C28H21N3O4S/c32-25-14-5-4-9-21(25)18-29-30-28-31(19-24-13-7-15-34-24)27(33)26(36-28)17-20-8-6-12-23(16-20)35-22-10-2-1-3-11-22/h1-18,32H,19H2/b26-17-,29-18+,30-28-. The van der Waals surface area contributed by atoms with E-state index in [0.717, 1.165) is 11.3 Å². The molecule has 7 nitrogen and oxygen atoms in total. The van der Waals surface area contributed by atoms with Gasteiger partial charge in [-0.1, -0.05) is 42.5 Å². The lowest BCUT2D eigenvalue weighted by atomic mass is 10.2. The summed E-state index contributed by atoms with van der Waals surface area (Å²) in [6, 6.07) is 27.4. The summed E-state index contributed by atoms with van der Waals surface area (Å²) in [5.74, 6) is 1.92. The number of ether oxygens (including phenoxy) is 1. The van der Waals surface area contributed by atoms with Gasteiger partial charge in [0.15, 0.2) is 5.17 Å². The largest absolute Gasteiger partial charge is 0.507 e. The molecule has 1 saturated heterocycles. The van der Waals surface area contributed by atoms with E-state index in [4.69, 9.17) is 9.15 Å². The summed E-state index contributed by atoms with van der Waals surface area (Å²) in [6.07, 6.45) is 4.81. The molecule has 4 aromatic rings. The van der Waals surface area contributed by atoms with Gasteiger partial charge in [0, 0.05) is 5.56 Å². The van der Waals surface area contributed by atoms with Gasteiger partial charge in [0.05, 0.1) is 23.9 Å². The predicted molar refractivity (Wildman–Crippen MR) is 141 cm³/mol. The molecule has 0 saturated carbocycles. The molecule has 1 aromatic heterocycles. The van der Waals surface area contributed by atoms with Gasteiger partial charge in [0.2, 0.25) is 0 Å². The van der Waals surface area contributed by atoms with Gasteiger partial charge < -0.3 is 14.3 Å². The molecule has 8 heteroatoms. The monoisotopic (exact) mass is 495 g/mol. The molecule has 1 aliphatic heterocycles. The van der Waals surface area contributed by atoms with E-state index in [-0.39, 0.29) is 18.2 Å². The minimum atomic E-state index is -0.206. The topological polar surface area (TPSA) is 87.6 Å². The van der Waals surface area contributed by atoms with E-state index in [9.17, 15) is 9.90 Å². The van der Waals surface area contributed by atoms with Crippen LogP contribution in [0.15, 0.2) is 117 Å². The van der Waals surface area contributed by atoms with Gasteiger partial charge in [-0.2, -0.15) is 5.10 Å². The zero-order valence-electron chi connectivity index (χ0n) is 19.0. The van der Waals surface area contributed by atoms with E-state index in [0.29, 0.717) is 27.1 Å². The van der Waals surface area contributed by atoms with Crippen LogP contribution in [0.4, 0.5) is 0 Å². The number of aromatic hydroxyl groups is 1. The third-order valence-corrected chi connectivity index (χ3v) is 6.19. The number of furan rings is 1. The van der Waals surface area contributed by atoms with Crippen molar-refractivity contribution in [1.29, 1.82) is 0 Å². The molecule has 2 heterocycles. The van der Waals surface area contributed by atoms with E-state index in [2.05, 4.69) is 10.2 Å². The average molecular weight is 496 g/mol. The Morgan fingerprint density at radius 2 is 1.75 bits per heavy atom. The zero-order chi connectivity index (χ0) is 24.7. The van der Waals surface area contributed by atoms with Crippen molar-refractivity contribution in [2.75, 3.05) is 0 Å². The Hall–Kier alpha value is -4.56. The van der Waals surface area contributed by atoms with Gasteiger partial charge in [-0.05, 0) is 71.9 Å². The first kappa shape index (κ1) is 23.2. The lowest BCUT2D eigenvalue weighted by molar-refractivity contribution is -0.122. The molecule has 0 unspecified atom stereocenters. The van der Waals surface area contributed by atoms with Crippen molar-refractivity contribution in [2.24, 2.45) is 10.2 Å². The van der Waals surface area contributed by atoms with Crippen molar-refractivity contribution >= 4 is 35.1 Å². The molecule has 1 amide bonds. The van der Waals surface area contributed by atoms with Gasteiger partial charge in [0.25, 0.3) is 5.91 Å². The number of carbonyl (C=O) groups is 1. The second kappa shape index (κ2) is 10.8. The molecular formula is C28H21N3O4S. The zero-order valence-corrected chi connectivity index (χ0v) is 19.8. The fourth-order valence-corrected chi connectivity index (χ4v) is 4.40. The van der Waals surface area contributed by atoms with E-state index in [1.807, 2.05) is 54.6 Å². The molecular weight excluding hydrogens is 474 g/mol. The summed E-state index contributed by atoms with van der Waals surface area (Å²) in [7, 11) is 0. The van der Waals surface area contributed by atoms with Crippen LogP contribution in [0.3, 0.4) is 0 Å². The number of carbonyl (C=O) groups excluding carboxylic acids is 1. The first-order chi connectivity index (χ1) is 17.7. The Morgan fingerprint density at radius 3 is 2.56 bits per heavy atom. The van der Waals surface area contributed by atoms with Crippen molar-refractivity contribution in [3.05, 3.63) is 119 Å². The number of benzene rings is 3. The lowest BCUT2D eigenvalue weighted by Gasteiger charge is -2.12. The van der Waals surface area contributed by atoms with E-state index in [1.165, 1.54) is 22.9 Å². The minimum Gasteiger partial charge on any atom is -0.507 e. The number of phenols is 1. The molecule has 5 rings (SSSR count). The Morgan fingerprint density at radius 1 is 0.944 bits per heavy atom. The highest BCUT2D eigenvalue weighted by Gasteiger charge is 2.34. The van der Waals surface area contributed by atoms with Gasteiger partial charge in [-0.25, -0.2) is 0 Å². The maximum atomic E-state index is 13.3. The van der Waals surface area contributed by atoms with Gasteiger partial charge >= 0.3 is 0 Å². The summed E-state index contributed by atoms with van der Waals surface area (Å²) in [6.45, 7) is 0.221. The normalized spacial score (nSPS) is 15.9. The van der Waals surface area contributed by atoms with Crippen LogP contribution in [0.5, 0.6) is 17.2 Å². The molecule has 0 aliphatic carbocycles. The highest BCUT2D eigenvalue weighted by atomic mass is 32.2. The SMILES string of the molecule is O=C1/C(=C/c2cccc(Oc3ccccc3)c2)S/C(=N\N=C\c2ccccc2O)N1Cc1ccco1. The van der Waals surface area contributed by atoms with Crippen LogP contribution in [-0.4, -0.2) is 27.3 Å². The van der Waals surface area contributed by atoms with Crippen molar-refractivity contribution in [2.45, 2.75) is 6.54 Å². The molecule has 1 aliphatic rings. The first-order valence-corrected chi connectivity index (χ1v) is 11.9. The molecule has 36 heavy (non-hydrogen) atoms. The Labute approximate surface area is 212 Å². The number of amides is 1. The Balaban J connectivity index is 1.41. The molecule has 0 atom stereocenters. The van der Waals surface area contributed by atoms with Crippen LogP contribution in [-0.2, 0) is 11.3 Å². The predicted octanol–water partition coefficient (Wildman–Crippen LogP) is 6.28. The summed E-state index contributed by atoms with van der Waals surface area (Å²) in [4.78, 5) is 15.3. The molecule has 1 fully saturated rings. The first-order valence-electron chi connectivity index (χ1n) is 11.1. The third kappa shape index (κ3) is 5.56. The number of hydrogen-bond acceptors (Lipinski definition) is 7. The summed E-state index contributed by atoms with van der Waals surface area (Å²) in [5, 5.41) is 18.7. The second-order valence-corrected chi connectivity index (χ2v) is 8.76. The molecule has 0 spiro atoms. The minimum absolute atomic E-state index is 0.0993. The number of rotatable bonds is 7. The van der Waals surface area contributed by atoms with Crippen LogP contribution in [0.25, 0.3) is 6.08 Å². The van der Waals surface area contributed by atoms with Gasteiger partial charge in [-0.3, -0.25) is 9.69 Å². The summed E-state index contributed by atoms with van der Waals surface area (Å²) in [5.41, 5.74) is 1.34. The van der Waals surface area contributed by atoms with E-state index in [1.54, 1.807) is 48.7 Å². The highest BCUT2D eigenvalue weighted by molar-refractivity contribution is 8.18. The van der Waals surface area contributed by atoms with Gasteiger partial charge in [0.1, 0.15) is 23.0 Å². The maximum Gasteiger partial charge on any atom is 0.267 e. The van der Waals surface area contributed by atoms with Crippen LogP contribution >= 0.6 is 11.8 Å². The lowest BCUT2D eigenvalue weighted by Crippen LogP contribution is -2.28. The van der Waals surface area contributed by atoms with Gasteiger partial charge in [-0.15, -0.1) is 5.10 Å². The number of para-hydroxylation sites is 2.